The van der Waals surface area contributed by atoms with Crippen molar-refractivity contribution in [1.29, 1.82) is 0 Å². The molecule has 1 aliphatic heterocycles. The highest BCUT2D eigenvalue weighted by molar-refractivity contribution is 6.30. The Labute approximate surface area is 227 Å². The Morgan fingerprint density at radius 2 is 2.03 bits per heavy atom. The first-order valence-corrected chi connectivity index (χ1v) is 13.8. The molecule has 1 heterocycles. The number of nitrogens with zero attached hydrogens (tertiary/aromatic N) is 1. The Bertz CT molecular complexity index is 1230. The van der Waals surface area contributed by atoms with Crippen LogP contribution in [0.1, 0.15) is 66.9 Å². The monoisotopic (exact) mass is 545 g/mol. The number of anilines is 1. The van der Waals surface area contributed by atoms with E-state index in [1.807, 2.05) is 12.2 Å². The van der Waals surface area contributed by atoms with Crippen molar-refractivity contribution < 1.29 is 28.5 Å². The highest BCUT2D eigenvalue weighted by atomic mass is 35.5. The van der Waals surface area contributed by atoms with Crippen molar-refractivity contribution in [3.8, 4) is 5.75 Å². The van der Waals surface area contributed by atoms with Gasteiger partial charge < -0.3 is 19.8 Å². The predicted molar refractivity (Wildman–Crippen MR) is 144 cm³/mol. The van der Waals surface area contributed by atoms with Gasteiger partial charge in [-0.3, -0.25) is 0 Å². The highest BCUT2D eigenvalue weighted by Crippen LogP contribution is 2.52. The molecule has 2 aromatic rings. The lowest BCUT2D eigenvalue weighted by Gasteiger charge is -2.46. The number of carboxylic acids is 1. The molecule has 0 amide bonds. The summed E-state index contributed by atoms with van der Waals surface area (Å²) in [4.78, 5) is 13.9. The molecular formula is C30H34ClF2NO4. The molecule has 5 rings (SSSR count). The number of allylic oxidation sites excluding steroid dienone is 1. The average Bonchev–Trinajstić information content (AvgIpc) is 3.02. The van der Waals surface area contributed by atoms with E-state index in [2.05, 4.69) is 11.8 Å². The Hall–Kier alpha value is -2.64. The highest BCUT2D eigenvalue weighted by Gasteiger charge is 2.51. The van der Waals surface area contributed by atoms with Gasteiger partial charge in [0.25, 0.3) is 5.92 Å². The predicted octanol–water partition coefficient (Wildman–Crippen LogP) is 6.80. The van der Waals surface area contributed by atoms with Crippen LogP contribution in [0.25, 0.3) is 0 Å². The number of fused-ring (bicyclic) bond motifs is 3. The third-order valence-electron chi connectivity index (χ3n) is 8.57. The second-order valence-electron chi connectivity index (χ2n) is 11.0. The largest absolute Gasteiger partial charge is 0.490 e. The van der Waals surface area contributed by atoms with Crippen LogP contribution in [0.15, 0.2) is 48.6 Å². The lowest BCUT2D eigenvalue weighted by Crippen LogP contribution is -2.50. The standard InChI is InChI=1S/C30H34ClF2NO4/c1-2-3-4-5-26(35)22-9-6-20(22)16-34-17-29(18-38-27-11-7-19(28(36)37)14-25(27)34)12-13-30(32,33)24-15-21(31)8-10-23(24)29/h4-5,7-8,10-11,14-15,20,22,26,35H,2-3,6,9,12-13,16-18H2,1H3,(H,36,37)/b5-4+/t20-,22+,26?,29-/m0/s1. The molecule has 5 nitrogen and oxygen atoms in total. The van der Waals surface area contributed by atoms with Crippen LogP contribution in [0.3, 0.4) is 0 Å². The zero-order valence-corrected chi connectivity index (χ0v) is 22.3. The van der Waals surface area contributed by atoms with E-state index in [0.29, 0.717) is 30.1 Å². The van der Waals surface area contributed by atoms with Gasteiger partial charge in [0, 0.05) is 35.5 Å². The third-order valence-corrected chi connectivity index (χ3v) is 8.80. The summed E-state index contributed by atoms with van der Waals surface area (Å²) in [6.45, 7) is 3.27. The molecule has 3 aliphatic rings. The molecule has 0 saturated heterocycles. The number of hydrogen-bond donors (Lipinski definition) is 2. The molecule has 0 aromatic heterocycles. The number of rotatable bonds is 7. The van der Waals surface area contributed by atoms with Crippen LogP contribution in [0.2, 0.25) is 5.02 Å². The van der Waals surface area contributed by atoms with Gasteiger partial charge >= 0.3 is 5.97 Å². The molecular weight excluding hydrogens is 512 g/mol. The second kappa shape index (κ2) is 10.5. The summed E-state index contributed by atoms with van der Waals surface area (Å²) < 4.78 is 36.4. The topological polar surface area (TPSA) is 70.0 Å². The summed E-state index contributed by atoms with van der Waals surface area (Å²) in [6.07, 6.45) is 7.04. The lowest BCUT2D eigenvalue weighted by atomic mass is 9.67. The Kier molecular flexibility index (Phi) is 7.44. The molecule has 204 valence electrons. The van der Waals surface area contributed by atoms with Gasteiger partial charge in [-0.15, -0.1) is 0 Å². The molecule has 4 atom stereocenters. The zero-order chi connectivity index (χ0) is 27.1. The van der Waals surface area contributed by atoms with Gasteiger partial charge in [-0.2, -0.15) is 0 Å². The summed E-state index contributed by atoms with van der Waals surface area (Å²) in [5, 5.41) is 20.7. The summed E-state index contributed by atoms with van der Waals surface area (Å²) in [7, 11) is 0. The number of aromatic carboxylic acids is 1. The fourth-order valence-corrected chi connectivity index (χ4v) is 6.43. The zero-order valence-electron chi connectivity index (χ0n) is 21.5. The maximum atomic E-state index is 15.0. The van der Waals surface area contributed by atoms with Crippen molar-refractivity contribution in [3.63, 3.8) is 0 Å². The van der Waals surface area contributed by atoms with Crippen molar-refractivity contribution in [2.24, 2.45) is 11.8 Å². The molecule has 1 spiro atoms. The van der Waals surface area contributed by atoms with E-state index in [0.717, 1.165) is 25.7 Å². The maximum Gasteiger partial charge on any atom is 0.335 e. The Morgan fingerprint density at radius 3 is 2.74 bits per heavy atom. The molecule has 0 bridgehead atoms. The van der Waals surface area contributed by atoms with Crippen LogP contribution in [-0.2, 0) is 11.3 Å². The van der Waals surface area contributed by atoms with Crippen LogP contribution < -0.4 is 9.64 Å². The molecule has 38 heavy (non-hydrogen) atoms. The van der Waals surface area contributed by atoms with Gasteiger partial charge in [0.15, 0.2) is 0 Å². The summed E-state index contributed by atoms with van der Waals surface area (Å²) >= 11 is 6.14. The molecule has 1 fully saturated rings. The summed E-state index contributed by atoms with van der Waals surface area (Å²) in [5.74, 6) is -3.21. The van der Waals surface area contributed by atoms with E-state index in [4.69, 9.17) is 16.3 Å². The Balaban J connectivity index is 1.51. The minimum absolute atomic E-state index is 0.0602. The molecule has 2 aliphatic carbocycles. The number of benzene rings is 2. The lowest BCUT2D eigenvalue weighted by molar-refractivity contribution is -0.0361. The number of alkyl halides is 2. The van der Waals surface area contributed by atoms with Crippen LogP contribution in [0.4, 0.5) is 14.5 Å². The first-order chi connectivity index (χ1) is 18.1. The van der Waals surface area contributed by atoms with Crippen LogP contribution in [0.5, 0.6) is 5.75 Å². The number of carboxylic acid groups (broad SMARTS) is 1. The van der Waals surface area contributed by atoms with E-state index >= 15 is 8.78 Å². The summed E-state index contributed by atoms with van der Waals surface area (Å²) in [5.41, 5.74) is 0.542. The molecule has 2 N–H and O–H groups in total. The van der Waals surface area contributed by atoms with E-state index < -0.39 is 23.4 Å². The van der Waals surface area contributed by atoms with E-state index in [1.54, 1.807) is 24.3 Å². The van der Waals surface area contributed by atoms with E-state index in [1.165, 1.54) is 12.1 Å². The minimum atomic E-state index is -2.99. The van der Waals surface area contributed by atoms with Crippen molar-refractivity contribution in [2.45, 2.75) is 62.9 Å². The molecule has 0 radical (unpaired) electrons. The van der Waals surface area contributed by atoms with Gasteiger partial charge in [0.1, 0.15) is 5.75 Å². The third kappa shape index (κ3) is 5.03. The van der Waals surface area contributed by atoms with Gasteiger partial charge in [-0.1, -0.05) is 43.2 Å². The van der Waals surface area contributed by atoms with Crippen molar-refractivity contribution in [2.75, 3.05) is 24.6 Å². The van der Waals surface area contributed by atoms with Crippen LogP contribution >= 0.6 is 11.6 Å². The average molecular weight is 546 g/mol. The smallest absolute Gasteiger partial charge is 0.335 e. The number of aliphatic hydroxyl groups excluding tert-OH is 1. The molecule has 1 unspecified atom stereocenters. The number of carbonyl (C=O) groups is 1. The van der Waals surface area contributed by atoms with Crippen molar-refractivity contribution in [3.05, 3.63) is 70.3 Å². The number of ether oxygens (including phenoxy) is 1. The Morgan fingerprint density at radius 1 is 1.21 bits per heavy atom. The SMILES string of the molecule is CCC/C=C/C(O)[C@@H]1CC[C@H]1CN1C[C@@]2(CCC(F)(F)c3cc(Cl)ccc32)COc2ccc(C(=O)O)cc21. The van der Waals surface area contributed by atoms with E-state index in [9.17, 15) is 15.0 Å². The van der Waals surface area contributed by atoms with Gasteiger partial charge in [0.2, 0.25) is 0 Å². The summed E-state index contributed by atoms with van der Waals surface area (Å²) in [6, 6.07) is 9.49. The normalized spacial score (nSPS) is 26.7. The maximum absolute atomic E-state index is 15.0. The number of unbranched alkanes of at least 4 members (excludes halogenated alkanes) is 1. The number of aliphatic hydroxyl groups is 1. The van der Waals surface area contributed by atoms with Crippen LogP contribution in [-0.4, -0.2) is 42.0 Å². The number of halogens is 3. The first-order valence-electron chi connectivity index (χ1n) is 13.4. The fourth-order valence-electron chi connectivity index (χ4n) is 6.26. The minimum Gasteiger partial charge on any atom is -0.490 e. The quantitative estimate of drug-likeness (QED) is 0.374. The molecule has 2 aromatic carbocycles. The van der Waals surface area contributed by atoms with Crippen molar-refractivity contribution in [1.82, 2.24) is 0 Å². The number of hydrogen-bond acceptors (Lipinski definition) is 4. The van der Waals surface area contributed by atoms with Crippen LogP contribution in [0, 0.1) is 11.8 Å². The second-order valence-corrected chi connectivity index (χ2v) is 11.5. The van der Waals surface area contributed by atoms with Gasteiger partial charge in [0.05, 0.1) is 24.0 Å². The van der Waals surface area contributed by atoms with E-state index in [-0.39, 0.29) is 47.4 Å². The molecule has 1 saturated carbocycles. The van der Waals surface area contributed by atoms with Crippen molar-refractivity contribution >= 4 is 23.3 Å². The molecule has 8 heteroatoms. The first kappa shape index (κ1) is 26.9. The fraction of sp³-hybridized carbons (Fsp3) is 0.500. The van der Waals surface area contributed by atoms with Gasteiger partial charge in [-0.05, 0) is 73.4 Å². The van der Waals surface area contributed by atoms with Gasteiger partial charge in [-0.25, -0.2) is 13.6 Å².